The van der Waals surface area contributed by atoms with Crippen LogP contribution in [0.15, 0.2) is 0 Å². The van der Waals surface area contributed by atoms with E-state index in [-0.39, 0.29) is 12.8 Å². The van der Waals surface area contributed by atoms with E-state index < -0.39 is 29.0 Å². The molecule has 0 aromatic carbocycles. The first-order valence-corrected chi connectivity index (χ1v) is 5.29. The van der Waals surface area contributed by atoms with Crippen molar-refractivity contribution in [1.82, 2.24) is 0 Å². The highest BCUT2D eigenvalue weighted by atomic mass is 16.6. The lowest BCUT2D eigenvalue weighted by Gasteiger charge is -2.18. The number of nitrogens with zero attached hydrogens (tertiary/aromatic N) is 1. The third kappa shape index (κ3) is 5.84. The first kappa shape index (κ1) is 15.3. The number of carbonyl (C=O) groups excluding carboxylic acids is 2. The van der Waals surface area contributed by atoms with Gasteiger partial charge in [0.15, 0.2) is 6.10 Å². The molecule has 0 saturated heterocycles. The van der Waals surface area contributed by atoms with Gasteiger partial charge in [0.2, 0.25) is 6.04 Å². The number of rotatable bonds is 7. The Hall–Kier alpha value is -1.66. The lowest BCUT2D eigenvalue weighted by atomic mass is 10.0. The Kier molecular flexibility index (Phi) is 6.85. The second-order valence-electron chi connectivity index (χ2n) is 3.52. The zero-order valence-electron chi connectivity index (χ0n) is 10.2. The molecule has 0 saturated carbocycles. The van der Waals surface area contributed by atoms with Crippen molar-refractivity contribution < 1.29 is 24.0 Å². The molecule has 0 radical (unpaired) electrons. The predicted molar refractivity (Wildman–Crippen MR) is 57.9 cm³/mol. The van der Waals surface area contributed by atoms with Crippen LogP contribution in [0.5, 0.6) is 0 Å². The van der Waals surface area contributed by atoms with Crippen LogP contribution in [-0.2, 0) is 19.1 Å². The monoisotopic (exact) mass is 247 g/mol. The SMILES string of the molecule is CCC(OC(C)=O)C(CCC(=O)OC)[N+](=O)[O-]. The molecule has 0 fully saturated rings. The van der Waals surface area contributed by atoms with Crippen LogP contribution in [0.3, 0.4) is 0 Å². The maximum Gasteiger partial charge on any atom is 0.305 e. The fourth-order valence-corrected chi connectivity index (χ4v) is 1.44. The molecule has 7 heteroatoms. The van der Waals surface area contributed by atoms with E-state index in [1.807, 2.05) is 0 Å². The Balaban J connectivity index is 4.52. The number of hydrogen-bond acceptors (Lipinski definition) is 6. The van der Waals surface area contributed by atoms with Gasteiger partial charge in [0.1, 0.15) is 0 Å². The zero-order valence-corrected chi connectivity index (χ0v) is 10.2. The molecule has 0 aromatic heterocycles. The molecule has 0 aliphatic carbocycles. The van der Waals surface area contributed by atoms with Gasteiger partial charge in [-0.05, 0) is 6.42 Å². The number of ether oxygens (including phenoxy) is 2. The van der Waals surface area contributed by atoms with Crippen molar-refractivity contribution >= 4 is 11.9 Å². The molecule has 17 heavy (non-hydrogen) atoms. The van der Waals surface area contributed by atoms with Crippen LogP contribution >= 0.6 is 0 Å². The molecule has 2 unspecified atom stereocenters. The highest BCUT2D eigenvalue weighted by Crippen LogP contribution is 2.14. The van der Waals surface area contributed by atoms with Gasteiger partial charge in [-0.25, -0.2) is 0 Å². The van der Waals surface area contributed by atoms with E-state index in [1.54, 1.807) is 6.92 Å². The van der Waals surface area contributed by atoms with Gasteiger partial charge in [0.05, 0.1) is 13.5 Å². The van der Waals surface area contributed by atoms with Gasteiger partial charge in [-0.2, -0.15) is 0 Å². The van der Waals surface area contributed by atoms with Crippen LogP contribution in [0.2, 0.25) is 0 Å². The standard InChI is InChI=1S/C10H17NO6/c1-4-9(17-7(2)12)8(11(14)15)5-6-10(13)16-3/h8-9H,4-6H2,1-3H3. The third-order valence-electron chi connectivity index (χ3n) is 2.29. The zero-order chi connectivity index (χ0) is 13.4. The number of methoxy groups -OCH3 is 1. The average molecular weight is 247 g/mol. The van der Waals surface area contributed by atoms with Crippen molar-refractivity contribution in [2.24, 2.45) is 0 Å². The lowest BCUT2D eigenvalue weighted by Crippen LogP contribution is -2.37. The summed E-state index contributed by atoms with van der Waals surface area (Å²) in [5, 5.41) is 10.8. The van der Waals surface area contributed by atoms with Crippen molar-refractivity contribution in [1.29, 1.82) is 0 Å². The quantitative estimate of drug-likeness (QED) is 0.377. The van der Waals surface area contributed by atoms with Crippen LogP contribution < -0.4 is 0 Å². The van der Waals surface area contributed by atoms with E-state index in [4.69, 9.17) is 4.74 Å². The second-order valence-corrected chi connectivity index (χ2v) is 3.52. The maximum absolute atomic E-state index is 10.9. The predicted octanol–water partition coefficient (Wildman–Crippen LogP) is 0.927. The Labute approximate surface area is 99.2 Å². The minimum Gasteiger partial charge on any atom is -0.469 e. The maximum atomic E-state index is 10.9. The molecule has 2 atom stereocenters. The molecule has 7 nitrogen and oxygen atoms in total. The van der Waals surface area contributed by atoms with Gasteiger partial charge in [-0.3, -0.25) is 19.7 Å². The van der Waals surface area contributed by atoms with Gasteiger partial charge < -0.3 is 9.47 Å². The van der Waals surface area contributed by atoms with E-state index in [9.17, 15) is 19.7 Å². The van der Waals surface area contributed by atoms with Crippen LogP contribution in [0.4, 0.5) is 0 Å². The van der Waals surface area contributed by atoms with E-state index >= 15 is 0 Å². The largest absolute Gasteiger partial charge is 0.469 e. The van der Waals surface area contributed by atoms with Crippen molar-refractivity contribution in [3.05, 3.63) is 10.1 Å². The van der Waals surface area contributed by atoms with Gasteiger partial charge in [0, 0.05) is 18.3 Å². The fourth-order valence-electron chi connectivity index (χ4n) is 1.44. The molecular weight excluding hydrogens is 230 g/mol. The Bertz CT molecular complexity index is 291. The summed E-state index contributed by atoms with van der Waals surface area (Å²) in [6.07, 6.45) is -0.565. The highest BCUT2D eigenvalue weighted by molar-refractivity contribution is 5.69. The van der Waals surface area contributed by atoms with E-state index in [0.717, 1.165) is 0 Å². The summed E-state index contributed by atoms with van der Waals surface area (Å²) < 4.78 is 9.26. The normalized spacial score (nSPS) is 13.6. The molecule has 0 N–H and O–H groups in total. The average Bonchev–Trinajstić information content (AvgIpc) is 2.26. The molecule has 0 amide bonds. The van der Waals surface area contributed by atoms with E-state index in [0.29, 0.717) is 6.42 Å². The summed E-state index contributed by atoms with van der Waals surface area (Å²) in [5.41, 5.74) is 0. The van der Waals surface area contributed by atoms with Crippen molar-refractivity contribution in [3.8, 4) is 0 Å². The summed E-state index contributed by atoms with van der Waals surface area (Å²) in [6, 6.07) is -1.08. The van der Waals surface area contributed by atoms with Gasteiger partial charge in [-0.15, -0.1) is 0 Å². The first-order valence-electron chi connectivity index (χ1n) is 5.29. The summed E-state index contributed by atoms with van der Waals surface area (Å²) in [7, 11) is 1.22. The lowest BCUT2D eigenvalue weighted by molar-refractivity contribution is -0.534. The Morgan fingerprint density at radius 1 is 1.41 bits per heavy atom. The minimum absolute atomic E-state index is 0.00847. The minimum atomic E-state index is -1.08. The molecule has 0 aromatic rings. The second kappa shape index (κ2) is 7.59. The van der Waals surface area contributed by atoms with Crippen LogP contribution in [-0.4, -0.2) is 36.1 Å². The summed E-state index contributed by atoms with van der Waals surface area (Å²) >= 11 is 0. The molecule has 0 aliphatic heterocycles. The smallest absolute Gasteiger partial charge is 0.305 e. The number of carbonyl (C=O) groups is 2. The van der Waals surface area contributed by atoms with E-state index in [2.05, 4.69) is 4.74 Å². The van der Waals surface area contributed by atoms with Crippen LogP contribution in [0.25, 0.3) is 0 Å². The summed E-state index contributed by atoms with van der Waals surface area (Å²) in [6.45, 7) is 2.88. The highest BCUT2D eigenvalue weighted by Gasteiger charge is 2.33. The fraction of sp³-hybridized carbons (Fsp3) is 0.800. The van der Waals surface area contributed by atoms with Crippen LogP contribution in [0, 0.1) is 10.1 Å². The molecule has 0 heterocycles. The van der Waals surface area contributed by atoms with Crippen molar-refractivity contribution in [3.63, 3.8) is 0 Å². The van der Waals surface area contributed by atoms with Gasteiger partial charge in [-0.1, -0.05) is 6.92 Å². The molecular formula is C10H17NO6. The third-order valence-corrected chi connectivity index (χ3v) is 2.29. The molecule has 0 rings (SSSR count). The number of nitro groups is 1. The van der Waals surface area contributed by atoms with Crippen molar-refractivity contribution in [2.45, 2.75) is 45.3 Å². The Morgan fingerprint density at radius 3 is 2.35 bits per heavy atom. The summed E-state index contributed by atoms with van der Waals surface area (Å²) in [4.78, 5) is 32.0. The topological polar surface area (TPSA) is 95.7 Å². The van der Waals surface area contributed by atoms with Crippen molar-refractivity contribution in [2.75, 3.05) is 7.11 Å². The summed E-state index contributed by atoms with van der Waals surface area (Å²) in [5.74, 6) is -1.09. The molecule has 0 bridgehead atoms. The molecule has 0 aliphatic rings. The molecule has 98 valence electrons. The molecule has 0 spiro atoms. The number of esters is 2. The Morgan fingerprint density at radius 2 is 2.00 bits per heavy atom. The first-order chi connectivity index (χ1) is 7.92. The van der Waals surface area contributed by atoms with E-state index in [1.165, 1.54) is 14.0 Å². The van der Waals surface area contributed by atoms with Gasteiger partial charge in [0.25, 0.3) is 0 Å². The number of hydrogen-bond donors (Lipinski definition) is 0. The van der Waals surface area contributed by atoms with Gasteiger partial charge >= 0.3 is 11.9 Å². The van der Waals surface area contributed by atoms with Crippen LogP contribution in [0.1, 0.15) is 33.1 Å².